The molecule has 1 aliphatic rings. The van der Waals surface area contributed by atoms with E-state index in [1.165, 1.54) is 0 Å². The van der Waals surface area contributed by atoms with Crippen molar-refractivity contribution in [2.24, 2.45) is 0 Å². The molecule has 1 aliphatic heterocycles. The fraction of sp³-hybridized carbons (Fsp3) is 0.375. The van der Waals surface area contributed by atoms with Crippen molar-refractivity contribution in [1.82, 2.24) is 0 Å². The van der Waals surface area contributed by atoms with E-state index in [0.717, 1.165) is 17.0 Å². The summed E-state index contributed by atoms with van der Waals surface area (Å²) < 4.78 is 0. The molecule has 20 heavy (non-hydrogen) atoms. The number of rotatable bonds is 4. The number of carbonyl (C=O) groups excluding carboxylic acids is 2. The van der Waals surface area contributed by atoms with Crippen LogP contribution in [-0.2, 0) is 4.79 Å². The van der Waals surface area contributed by atoms with Crippen LogP contribution in [0, 0.1) is 12.3 Å². The van der Waals surface area contributed by atoms with E-state index in [9.17, 15) is 9.59 Å². The van der Waals surface area contributed by atoms with Crippen LogP contribution in [0.2, 0.25) is 0 Å². The number of amides is 1. The molecular formula is C16H17NO2S. The Kier molecular flexibility index (Phi) is 4.51. The first-order valence-electron chi connectivity index (χ1n) is 6.71. The lowest BCUT2D eigenvalue weighted by Gasteiger charge is -2.32. The van der Waals surface area contributed by atoms with Gasteiger partial charge in [-0.15, -0.1) is 18.2 Å². The molecule has 1 aromatic carbocycles. The molecule has 0 saturated heterocycles. The Morgan fingerprint density at radius 3 is 2.80 bits per heavy atom. The Hall–Kier alpha value is -1.73. The SMILES string of the molecule is C#CCN1C(=O)C(CC)Sc2ccc(C(=O)CC)cc21. The predicted octanol–water partition coefficient (Wildman–Crippen LogP) is 3.13. The lowest BCUT2D eigenvalue weighted by atomic mass is 10.1. The summed E-state index contributed by atoms with van der Waals surface area (Å²) in [6.45, 7) is 4.06. The minimum atomic E-state index is -0.0939. The van der Waals surface area contributed by atoms with Gasteiger partial charge in [0.25, 0.3) is 0 Å². The molecule has 3 nitrogen and oxygen atoms in total. The molecule has 2 rings (SSSR count). The van der Waals surface area contributed by atoms with Gasteiger partial charge < -0.3 is 0 Å². The summed E-state index contributed by atoms with van der Waals surface area (Å²) in [7, 11) is 0. The summed E-state index contributed by atoms with van der Waals surface area (Å²) in [4.78, 5) is 26.8. The van der Waals surface area contributed by atoms with Gasteiger partial charge in [-0.2, -0.15) is 0 Å². The third-order valence-electron chi connectivity index (χ3n) is 3.32. The smallest absolute Gasteiger partial charge is 0.241 e. The Morgan fingerprint density at radius 2 is 2.20 bits per heavy atom. The van der Waals surface area contributed by atoms with Crippen LogP contribution < -0.4 is 4.90 Å². The molecule has 0 aromatic heterocycles. The van der Waals surface area contributed by atoms with Crippen molar-refractivity contribution in [3.8, 4) is 12.3 Å². The number of ketones is 1. The maximum Gasteiger partial charge on any atom is 0.241 e. The van der Waals surface area contributed by atoms with Crippen molar-refractivity contribution >= 4 is 29.1 Å². The summed E-state index contributed by atoms with van der Waals surface area (Å²) in [6, 6.07) is 5.53. The number of hydrogen-bond donors (Lipinski definition) is 0. The molecule has 4 heteroatoms. The van der Waals surface area contributed by atoms with E-state index in [4.69, 9.17) is 6.42 Å². The summed E-state index contributed by atoms with van der Waals surface area (Å²) >= 11 is 1.55. The van der Waals surface area contributed by atoms with Gasteiger partial charge in [0.2, 0.25) is 5.91 Å². The quantitative estimate of drug-likeness (QED) is 0.630. The van der Waals surface area contributed by atoms with Gasteiger partial charge in [0.15, 0.2) is 5.78 Å². The second kappa shape index (κ2) is 6.15. The first-order chi connectivity index (χ1) is 9.62. The Morgan fingerprint density at radius 1 is 1.45 bits per heavy atom. The van der Waals surface area contributed by atoms with Gasteiger partial charge in [0, 0.05) is 16.9 Å². The van der Waals surface area contributed by atoms with Crippen LogP contribution in [0.15, 0.2) is 23.1 Å². The standard InChI is InChI=1S/C16H17NO2S/c1-4-9-17-12-10-11(13(18)5-2)7-8-15(12)20-14(6-3)16(17)19/h1,7-8,10,14H,5-6,9H2,2-3H3. The predicted molar refractivity (Wildman–Crippen MR) is 82.2 cm³/mol. The molecule has 0 bridgehead atoms. The van der Waals surface area contributed by atoms with Gasteiger partial charge in [-0.25, -0.2) is 0 Å². The maximum absolute atomic E-state index is 12.4. The Balaban J connectivity index is 2.48. The second-order valence-electron chi connectivity index (χ2n) is 4.60. The molecule has 1 amide bonds. The monoisotopic (exact) mass is 287 g/mol. The molecule has 0 fully saturated rings. The maximum atomic E-state index is 12.4. The number of nitrogens with zero attached hydrogens (tertiary/aromatic N) is 1. The number of Topliss-reactive ketones (excluding diaryl/α,β-unsaturated/α-hetero) is 1. The average Bonchev–Trinajstić information content (AvgIpc) is 2.48. The van der Waals surface area contributed by atoms with E-state index in [-0.39, 0.29) is 23.5 Å². The van der Waals surface area contributed by atoms with Gasteiger partial charge in [0.05, 0.1) is 17.5 Å². The topological polar surface area (TPSA) is 37.4 Å². The van der Waals surface area contributed by atoms with Crippen molar-refractivity contribution in [1.29, 1.82) is 0 Å². The highest BCUT2D eigenvalue weighted by Crippen LogP contribution is 2.40. The number of fused-ring (bicyclic) bond motifs is 1. The van der Waals surface area contributed by atoms with E-state index in [0.29, 0.717) is 12.0 Å². The summed E-state index contributed by atoms with van der Waals surface area (Å²) in [5.74, 6) is 2.63. The number of anilines is 1. The first kappa shape index (κ1) is 14.7. The van der Waals surface area contributed by atoms with Crippen LogP contribution >= 0.6 is 11.8 Å². The number of thioether (sulfide) groups is 1. The van der Waals surface area contributed by atoms with E-state index in [1.54, 1.807) is 22.7 Å². The third-order valence-corrected chi connectivity index (χ3v) is 4.74. The molecule has 104 valence electrons. The Labute approximate surface area is 123 Å². The van der Waals surface area contributed by atoms with Crippen molar-refractivity contribution in [3.63, 3.8) is 0 Å². The molecule has 1 unspecified atom stereocenters. The molecule has 0 N–H and O–H groups in total. The minimum Gasteiger partial charge on any atom is -0.299 e. The van der Waals surface area contributed by atoms with Crippen LogP contribution in [0.4, 0.5) is 5.69 Å². The highest BCUT2D eigenvalue weighted by atomic mass is 32.2. The van der Waals surface area contributed by atoms with Crippen LogP contribution in [-0.4, -0.2) is 23.5 Å². The normalized spacial score (nSPS) is 17.6. The van der Waals surface area contributed by atoms with E-state index >= 15 is 0 Å². The number of benzene rings is 1. The van der Waals surface area contributed by atoms with Gasteiger partial charge in [-0.05, 0) is 18.6 Å². The van der Waals surface area contributed by atoms with Crippen molar-refractivity contribution in [3.05, 3.63) is 23.8 Å². The molecule has 0 saturated carbocycles. The van der Waals surface area contributed by atoms with Crippen LogP contribution in [0.25, 0.3) is 0 Å². The largest absolute Gasteiger partial charge is 0.299 e. The fourth-order valence-electron chi connectivity index (χ4n) is 2.21. The summed E-state index contributed by atoms with van der Waals surface area (Å²) in [6.07, 6.45) is 6.59. The zero-order valence-corrected chi connectivity index (χ0v) is 12.5. The molecule has 0 radical (unpaired) electrons. The van der Waals surface area contributed by atoms with Crippen molar-refractivity contribution in [2.75, 3.05) is 11.4 Å². The number of terminal acetylenes is 1. The van der Waals surface area contributed by atoms with Gasteiger partial charge in [-0.3, -0.25) is 14.5 Å². The number of hydrogen-bond acceptors (Lipinski definition) is 3. The van der Waals surface area contributed by atoms with Crippen molar-refractivity contribution < 1.29 is 9.59 Å². The van der Waals surface area contributed by atoms with E-state index in [2.05, 4.69) is 5.92 Å². The van der Waals surface area contributed by atoms with Gasteiger partial charge in [0.1, 0.15) is 0 Å². The van der Waals surface area contributed by atoms with Gasteiger partial charge >= 0.3 is 0 Å². The molecule has 0 spiro atoms. The number of carbonyl (C=O) groups is 2. The summed E-state index contributed by atoms with van der Waals surface area (Å²) in [5.41, 5.74) is 1.40. The lowest BCUT2D eigenvalue weighted by molar-refractivity contribution is -0.118. The third kappa shape index (κ3) is 2.59. The minimum absolute atomic E-state index is 0.0315. The highest BCUT2D eigenvalue weighted by molar-refractivity contribution is 8.01. The highest BCUT2D eigenvalue weighted by Gasteiger charge is 2.32. The lowest BCUT2D eigenvalue weighted by Crippen LogP contribution is -2.41. The Bertz CT molecular complexity index is 589. The average molecular weight is 287 g/mol. The van der Waals surface area contributed by atoms with Crippen LogP contribution in [0.1, 0.15) is 37.0 Å². The van der Waals surface area contributed by atoms with Crippen LogP contribution in [0.3, 0.4) is 0 Å². The fourth-order valence-corrected chi connectivity index (χ4v) is 3.35. The molecule has 1 atom stereocenters. The van der Waals surface area contributed by atoms with Gasteiger partial charge in [-0.1, -0.05) is 25.8 Å². The second-order valence-corrected chi connectivity index (χ2v) is 5.85. The van der Waals surface area contributed by atoms with Crippen molar-refractivity contribution in [2.45, 2.75) is 36.8 Å². The van der Waals surface area contributed by atoms with Crippen LogP contribution in [0.5, 0.6) is 0 Å². The van der Waals surface area contributed by atoms with E-state index < -0.39 is 0 Å². The molecule has 1 aromatic rings. The summed E-state index contributed by atoms with van der Waals surface area (Å²) in [5, 5.41) is -0.0939. The zero-order chi connectivity index (χ0) is 14.7. The zero-order valence-electron chi connectivity index (χ0n) is 11.7. The molecule has 1 heterocycles. The molecular weight excluding hydrogens is 270 g/mol. The molecule has 0 aliphatic carbocycles. The van der Waals surface area contributed by atoms with E-state index in [1.807, 2.05) is 26.0 Å². The first-order valence-corrected chi connectivity index (χ1v) is 7.59.